The Morgan fingerprint density at radius 2 is 1.77 bits per heavy atom. The summed E-state index contributed by atoms with van der Waals surface area (Å²) in [4.78, 5) is 23.5. The zero-order valence-corrected chi connectivity index (χ0v) is 14.5. The number of nitrogens with zero attached hydrogens (tertiary/aromatic N) is 4. The van der Waals surface area contributed by atoms with Crippen molar-refractivity contribution in [2.24, 2.45) is 0 Å². The molecule has 6 heteroatoms. The molecule has 4 rings (SSSR count). The lowest BCUT2D eigenvalue weighted by Crippen LogP contribution is -2.25. The van der Waals surface area contributed by atoms with E-state index in [4.69, 9.17) is 0 Å². The van der Waals surface area contributed by atoms with Crippen molar-refractivity contribution in [3.05, 3.63) is 72.3 Å². The fourth-order valence-electron chi connectivity index (χ4n) is 3.12. The van der Waals surface area contributed by atoms with Crippen LogP contribution in [0.1, 0.15) is 28.9 Å². The second-order valence-corrected chi connectivity index (χ2v) is 6.36. The Bertz CT molecular complexity index is 867. The third-order valence-corrected chi connectivity index (χ3v) is 4.55. The van der Waals surface area contributed by atoms with Crippen LogP contribution in [0.15, 0.2) is 61.1 Å². The van der Waals surface area contributed by atoms with E-state index in [1.165, 1.54) is 12.8 Å². The molecule has 1 amide bonds. The van der Waals surface area contributed by atoms with Crippen molar-refractivity contribution in [1.82, 2.24) is 19.9 Å². The van der Waals surface area contributed by atoms with Gasteiger partial charge < -0.3 is 14.8 Å². The first kappa shape index (κ1) is 16.3. The van der Waals surface area contributed by atoms with Crippen molar-refractivity contribution in [2.75, 3.05) is 18.0 Å². The van der Waals surface area contributed by atoms with Gasteiger partial charge in [-0.2, -0.15) is 0 Å². The molecule has 26 heavy (non-hydrogen) atoms. The van der Waals surface area contributed by atoms with Gasteiger partial charge in [-0.3, -0.25) is 4.79 Å². The monoisotopic (exact) mass is 347 g/mol. The summed E-state index contributed by atoms with van der Waals surface area (Å²) in [6, 6.07) is 13.3. The fraction of sp³-hybridized carbons (Fsp3) is 0.250. The quantitative estimate of drug-likeness (QED) is 0.771. The fourth-order valence-corrected chi connectivity index (χ4v) is 3.12. The SMILES string of the molecule is O=C(NCc1ccnc(N2CCCC2)n1)c1ccc(-n2cccc2)cc1. The van der Waals surface area contributed by atoms with Crippen LogP contribution in [0.4, 0.5) is 5.95 Å². The van der Waals surface area contributed by atoms with E-state index in [-0.39, 0.29) is 5.91 Å². The third-order valence-electron chi connectivity index (χ3n) is 4.55. The molecule has 0 atom stereocenters. The molecule has 0 saturated carbocycles. The zero-order valence-electron chi connectivity index (χ0n) is 14.5. The van der Waals surface area contributed by atoms with E-state index in [2.05, 4.69) is 20.2 Å². The highest BCUT2D eigenvalue weighted by Crippen LogP contribution is 2.15. The van der Waals surface area contributed by atoms with Crippen LogP contribution in [0.2, 0.25) is 0 Å². The summed E-state index contributed by atoms with van der Waals surface area (Å²) in [5.74, 6) is 0.649. The van der Waals surface area contributed by atoms with Crippen molar-refractivity contribution in [2.45, 2.75) is 19.4 Å². The van der Waals surface area contributed by atoms with E-state index in [0.29, 0.717) is 12.1 Å². The van der Waals surface area contributed by atoms with Crippen molar-refractivity contribution < 1.29 is 4.79 Å². The van der Waals surface area contributed by atoms with Gasteiger partial charge in [0.05, 0.1) is 12.2 Å². The highest BCUT2D eigenvalue weighted by Gasteiger charge is 2.15. The number of hydrogen-bond acceptors (Lipinski definition) is 4. The van der Waals surface area contributed by atoms with Gasteiger partial charge in [0.15, 0.2) is 0 Å². The average Bonchev–Trinajstić information content (AvgIpc) is 3.40. The van der Waals surface area contributed by atoms with Crippen LogP contribution < -0.4 is 10.2 Å². The second-order valence-electron chi connectivity index (χ2n) is 6.36. The highest BCUT2D eigenvalue weighted by molar-refractivity contribution is 5.94. The second kappa shape index (κ2) is 7.39. The normalized spacial score (nSPS) is 13.8. The molecule has 3 heterocycles. The van der Waals surface area contributed by atoms with E-state index >= 15 is 0 Å². The molecule has 1 N–H and O–H groups in total. The van der Waals surface area contributed by atoms with E-state index < -0.39 is 0 Å². The molecule has 0 spiro atoms. The first-order valence-corrected chi connectivity index (χ1v) is 8.88. The van der Waals surface area contributed by atoms with Gasteiger partial charge in [-0.15, -0.1) is 0 Å². The summed E-state index contributed by atoms with van der Waals surface area (Å²) >= 11 is 0. The number of aromatic nitrogens is 3. The number of hydrogen-bond donors (Lipinski definition) is 1. The predicted molar refractivity (Wildman–Crippen MR) is 100 cm³/mol. The molecule has 1 fully saturated rings. The number of rotatable bonds is 5. The highest BCUT2D eigenvalue weighted by atomic mass is 16.1. The number of nitrogens with one attached hydrogen (secondary N) is 1. The number of benzene rings is 1. The Hall–Kier alpha value is -3.15. The molecule has 6 nitrogen and oxygen atoms in total. The minimum absolute atomic E-state index is 0.106. The molecule has 1 aromatic carbocycles. The Morgan fingerprint density at radius 3 is 2.50 bits per heavy atom. The van der Waals surface area contributed by atoms with Crippen LogP contribution in [-0.4, -0.2) is 33.5 Å². The van der Waals surface area contributed by atoms with E-state index in [0.717, 1.165) is 30.4 Å². The summed E-state index contributed by atoms with van der Waals surface area (Å²) in [6.07, 6.45) is 8.07. The Balaban J connectivity index is 1.38. The molecule has 0 aliphatic carbocycles. The van der Waals surface area contributed by atoms with E-state index in [1.807, 2.05) is 59.4 Å². The molecule has 1 aliphatic rings. The zero-order chi connectivity index (χ0) is 17.8. The lowest BCUT2D eigenvalue weighted by molar-refractivity contribution is 0.0950. The minimum atomic E-state index is -0.106. The number of anilines is 1. The molecular weight excluding hydrogens is 326 g/mol. The van der Waals surface area contributed by atoms with Crippen LogP contribution >= 0.6 is 0 Å². The van der Waals surface area contributed by atoms with Crippen LogP contribution in [0.3, 0.4) is 0 Å². The van der Waals surface area contributed by atoms with Gasteiger partial charge in [0.2, 0.25) is 5.95 Å². The smallest absolute Gasteiger partial charge is 0.251 e. The van der Waals surface area contributed by atoms with Crippen molar-refractivity contribution >= 4 is 11.9 Å². The molecular formula is C20H21N5O. The van der Waals surface area contributed by atoms with Crippen molar-refractivity contribution in [3.63, 3.8) is 0 Å². The van der Waals surface area contributed by atoms with Gasteiger partial charge in [-0.25, -0.2) is 9.97 Å². The van der Waals surface area contributed by atoms with E-state index in [1.54, 1.807) is 6.20 Å². The minimum Gasteiger partial charge on any atom is -0.346 e. The van der Waals surface area contributed by atoms with Gasteiger partial charge >= 0.3 is 0 Å². The van der Waals surface area contributed by atoms with Crippen molar-refractivity contribution in [1.29, 1.82) is 0 Å². The molecule has 1 aliphatic heterocycles. The number of carbonyl (C=O) groups is 1. The number of carbonyl (C=O) groups excluding carboxylic acids is 1. The lowest BCUT2D eigenvalue weighted by atomic mass is 10.2. The Morgan fingerprint density at radius 1 is 1.04 bits per heavy atom. The number of amides is 1. The van der Waals surface area contributed by atoms with Crippen LogP contribution in [-0.2, 0) is 6.54 Å². The summed E-state index contributed by atoms with van der Waals surface area (Å²) in [6.45, 7) is 2.40. The molecule has 0 radical (unpaired) electrons. The summed E-state index contributed by atoms with van der Waals surface area (Å²) < 4.78 is 2.00. The Kier molecular flexibility index (Phi) is 4.64. The standard InChI is InChI=1S/C20H21N5O/c26-19(16-5-7-18(8-6-16)24-11-1-2-12-24)22-15-17-9-10-21-20(23-17)25-13-3-4-14-25/h1-2,5-12H,3-4,13-15H2,(H,22,26). The van der Waals surface area contributed by atoms with Crippen LogP contribution in [0, 0.1) is 0 Å². The van der Waals surface area contributed by atoms with Gasteiger partial charge in [-0.1, -0.05) is 0 Å². The van der Waals surface area contributed by atoms with Gasteiger partial charge in [0.1, 0.15) is 0 Å². The molecule has 0 bridgehead atoms. The first-order valence-electron chi connectivity index (χ1n) is 8.88. The van der Waals surface area contributed by atoms with E-state index in [9.17, 15) is 4.79 Å². The molecule has 1 saturated heterocycles. The maximum Gasteiger partial charge on any atom is 0.251 e. The molecule has 0 unspecified atom stereocenters. The maximum atomic E-state index is 12.4. The topological polar surface area (TPSA) is 63.1 Å². The largest absolute Gasteiger partial charge is 0.346 e. The van der Waals surface area contributed by atoms with Crippen molar-refractivity contribution in [3.8, 4) is 5.69 Å². The summed E-state index contributed by atoms with van der Waals surface area (Å²) in [5, 5.41) is 2.93. The lowest BCUT2D eigenvalue weighted by Gasteiger charge is -2.15. The molecule has 132 valence electrons. The predicted octanol–water partition coefficient (Wildman–Crippen LogP) is 2.80. The van der Waals surface area contributed by atoms with Crippen LogP contribution in [0.25, 0.3) is 5.69 Å². The first-order chi connectivity index (χ1) is 12.8. The Labute approximate surface area is 152 Å². The average molecular weight is 347 g/mol. The third kappa shape index (κ3) is 3.59. The maximum absolute atomic E-state index is 12.4. The van der Waals surface area contributed by atoms with Gasteiger partial charge in [0.25, 0.3) is 5.91 Å². The summed E-state index contributed by atoms with van der Waals surface area (Å²) in [5.41, 5.74) is 2.48. The van der Waals surface area contributed by atoms with Gasteiger partial charge in [-0.05, 0) is 55.3 Å². The van der Waals surface area contributed by atoms with Gasteiger partial charge in [0, 0.05) is 42.9 Å². The van der Waals surface area contributed by atoms with Crippen LogP contribution in [0.5, 0.6) is 0 Å². The molecule has 3 aromatic rings. The summed E-state index contributed by atoms with van der Waals surface area (Å²) in [7, 11) is 0. The molecule has 2 aromatic heterocycles.